The summed E-state index contributed by atoms with van der Waals surface area (Å²) in [6.45, 7) is 0. The number of carbonyl (C=O) groups excluding carboxylic acids is 1. The van der Waals surface area contributed by atoms with Crippen LogP contribution in [0.2, 0.25) is 0 Å². The van der Waals surface area contributed by atoms with E-state index < -0.39 is 11.9 Å². The SMILES string of the molecule is NC(=O)c1ccc2[nH]c(C(=O)O)cc2c1. The normalized spacial score (nSPS) is 10.4. The van der Waals surface area contributed by atoms with Gasteiger partial charge in [0.15, 0.2) is 0 Å². The maximum atomic E-state index is 10.9. The summed E-state index contributed by atoms with van der Waals surface area (Å²) in [5, 5.41) is 9.40. The van der Waals surface area contributed by atoms with Gasteiger partial charge in [0, 0.05) is 16.5 Å². The first-order valence-corrected chi connectivity index (χ1v) is 4.24. The molecule has 0 fully saturated rings. The molecular formula is C10H8N2O3. The molecular weight excluding hydrogens is 196 g/mol. The third kappa shape index (κ3) is 1.54. The zero-order valence-electron chi connectivity index (χ0n) is 7.65. The molecule has 2 rings (SSSR count). The fraction of sp³-hybridized carbons (Fsp3) is 0. The first-order valence-electron chi connectivity index (χ1n) is 4.24. The average molecular weight is 204 g/mol. The summed E-state index contributed by atoms with van der Waals surface area (Å²) in [6.07, 6.45) is 0. The molecule has 0 radical (unpaired) electrons. The van der Waals surface area contributed by atoms with Crippen LogP contribution in [-0.2, 0) is 0 Å². The van der Waals surface area contributed by atoms with Gasteiger partial charge >= 0.3 is 5.97 Å². The lowest BCUT2D eigenvalue weighted by atomic mass is 10.1. The highest BCUT2D eigenvalue weighted by Crippen LogP contribution is 2.17. The van der Waals surface area contributed by atoms with E-state index in [1.165, 1.54) is 6.07 Å². The lowest BCUT2D eigenvalue weighted by Gasteiger charge is -1.94. The predicted molar refractivity (Wildman–Crippen MR) is 53.8 cm³/mol. The van der Waals surface area contributed by atoms with Crippen LogP contribution in [0, 0.1) is 0 Å². The minimum absolute atomic E-state index is 0.0895. The Labute approximate surface area is 84.5 Å². The van der Waals surface area contributed by atoms with Crippen LogP contribution in [0.3, 0.4) is 0 Å². The molecule has 1 aromatic carbocycles. The molecule has 1 aromatic heterocycles. The largest absolute Gasteiger partial charge is 0.477 e. The van der Waals surface area contributed by atoms with E-state index in [4.69, 9.17) is 10.8 Å². The molecule has 0 aliphatic carbocycles. The quantitative estimate of drug-likeness (QED) is 0.679. The van der Waals surface area contributed by atoms with Gasteiger partial charge in [-0.1, -0.05) is 0 Å². The van der Waals surface area contributed by atoms with Crippen molar-refractivity contribution in [1.29, 1.82) is 0 Å². The van der Waals surface area contributed by atoms with Gasteiger partial charge in [0.25, 0.3) is 0 Å². The standard InChI is InChI=1S/C10H8N2O3/c11-9(13)5-1-2-7-6(3-5)4-8(12-7)10(14)15/h1-4,12H,(H2,11,13)(H,14,15). The second kappa shape index (κ2) is 3.13. The lowest BCUT2D eigenvalue weighted by Crippen LogP contribution is -2.10. The molecule has 2 aromatic rings. The zero-order chi connectivity index (χ0) is 11.0. The van der Waals surface area contributed by atoms with E-state index in [1.807, 2.05) is 0 Å². The molecule has 0 saturated heterocycles. The Kier molecular flexibility index (Phi) is 1.93. The number of benzene rings is 1. The van der Waals surface area contributed by atoms with Gasteiger partial charge in [-0.2, -0.15) is 0 Å². The lowest BCUT2D eigenvalue weighted by molar-refractivity contribution is 0.0691. The Balaban J connectivity index is 2.62. The van der Waals surface area contributed by atoms with Crippen LogP contribution in [0.15, 0.2) is 24.3 Å². The molecule has 0 aliphatic rings. The summed E-state index contributed by atoms with van der Waals surface area (Å²) < 4.78 is 0. The van der Waals surface area contributed by atoms with Crippen molar-refractivity contribution in [1.82, 2.24) is 4.98 Å². The van der Waals surface area contributed by atoms with E-state index in [9.17, 15) is 9.59 Å². The molecule has 1 heterocycles. The number of carboxylic acids is 1. The van der Waals surface area contributed by atoms with Gasteiger partial charge in [0.05, 0.1) is 0 Å². The first-order chi connectivity index (χ1) is 7.08. The molecule has 1 amide bonds. The van der Waals surface area contributed by atoms with Gasteiger partial charge in [-0.25, -0.2) is 4.79 Å². The first kappa shape index (κ1) is 9.26. The van der Waals surface area contributed by atoms with Crippen molar-refractivity contribution >= 4 is 22.8 Å². The highest BCUT2D eigenvalue weighted by atomic mass is 16.4. The predicted octanol–water partition coefficient (Wildman–Crippen LogP) is 0.965. The number of fused-ring (bicyclic) bond motifs is 1. The maximum Gasteiger partial charge on any atom is 0.352 e. The minimum Gasteiger partial charge on any atom is -0.477 e. The van der Waals surface area contributed by atoms with Crippen LogP contribution in [0.25, 0.3) is 10.9 Å². The number of H-pyrrole nitrogens is 1. The van der Waals surface area contributed by atoms with Crippen molar-refractivity contribution in [3.63, 3.8) is 0 Å². The highest BCUT2D eigenvalue weighted by molar-refractivity contribution is 5.99. The number of carboxylic acid groups (broad SMARTS) is 1. The van der Waals surface area contributed by atoms with Crippen molar-refractivity contribution < 1.29 is 14.7 Å². The Morgan fingerprint density at radius 1 is 1.27 bits per heavy atom. The molecule has 0 spiro atoms. The number of aromatic nitrogens is 1. The molecule has 0 aliphatic heterocycles. The van der Waals surface area contributed by atoms with Gasteiger partial charge in [-0.15, -0.1) is 0 Å². The number of nitrogens with two attached hydrogens (primary N) is 1. The summed E-state index contributed by atoms with van der Waals surface area (Å²) in [4.78, 5) is 24.3. The smallest absolute Gasteiger partial charge is 0.352 e. The second-order valence-corrected chi connectivity index (χ2v) is 3.15. The van der Waals surface area contributed by atoms with Crippen LogP contribution in [0.4, 0.5) is 0 Å². The number of aromatic carboxylic acids is 1. The number of nitrogens with one attached hydrogen (secondary N) is 1. The topological polar surface area (TPSA) is 96.2 Å². The number of amides is 1. The average Bonchev–Trinajstić information content (AvgIpc) is 2.59. The molecule has 0 saturated carbocycles. The minimum atomic E-state index is -1.04. The number of rotatable bonds is 2. The zero-order valence-corrected chi connectivity index (χ0v) is 7.65. The number of hydrogen-bond acceptors (Lipinski definition) is 2. The molecule has 4 N–H and O–H groups in total. The summed E-state index contributed by atoms with van der Waals surface area (Å²) in [7, 11) is 0. The molecule has 0 atom stereocenters. The van der Waals surface area contributed by atoms with E-state index in [0.717, 1.165) is 0 Å². The van der Waals surface area contributed by atoms with Gasteiger partial charge in [0.2, 0.25) is 5.91 Å². The number of aromatic amines is 1. The fourth-order valence-electron chi connectivity index (χ4n) is 1.40. The molecule has 5 nitrogen and oxygen atoms in total. The van der Waals surface area contributed by atoms with Crippen molar-refractivity contribution in [2.75, 3.05) is 0 Å². The molecule has 0 bridgehead atoms. The van der Waals surface area contributed by atoms with Crippen LogP contribution in [-0.4, -0.2) is 22.0 Å². The number of carbonyl (C=O) groups is 2. The van der Waals surface area contributed by atoms with E-state index in [2.05, 4.69) is 4.98 Å². The van der Waals surface area contributed by atoms with Crippen LogP contribution < -0.4 is 5.73 Å². The van der Waals surface area contributed by atoms with Gasteiger partial charge in [-0.3, -0.25) is 4.79 Å². The maximum absolute atomic E-state index is 10.9. The summed E-state index contributed by atoms with van der Waals surface area (Å²) in [5.41, 5.74) is 6.22. The van der Waals surface area contributed by atoms with E-state index in [1.54, 1.807) is 18.2 Å². The monoisotopic (exact) mass is 204 g/mol. The van der Waals surface area contributed by atoms with Crippen molar-refractivity contribution in [3.8, 4) is 0 Å². The second-order valence-electron chi connectivity index (χ2n) is 3.15. The molecule has 0 unspecified atom stereocenters. The van der Waals surface area contributed by atoms with E-state index in [0.29, 0.717) is 16.5 Å². The van der Waals surface area contributed by atoms with Crippen molar-refractivity contribution in [2.45, 2.75) is 0 Å². The van der Waals surface area contributed by atoms with Crippen molar-refractivity contribution in [3.05, 3.63) is 35.5 Å². The Bertz CT molecular complexity index is 545. The highest BCUT2D eigenvalue weighted by Gasteiger charge is 2.08. The summed E-state index contributed by atoms with van der Waals surface area (Å²) in [6, 6.07) is 6.19. The van der Waals surface area contributed by atoms with Crippen LogP contribution >= 0.6 is 0 Å². The third-order valence-electron chi connectivity index (χ3n) is 2.14. The van der Waals surface area contributed by atoms with E-state index in [-0.39, 0.29) is 5.69 Å². The van der Waals surface area contributed by atoms with Gasteiger partial charge < -0.3 is 15.8 Å². The summed E-state index contributed by atoms with van der Waals surface area (Å²) in [5.74, 6) is -1.57. The summed E-state index contributed by atoms with van der Waals surface area (Å²) >= 11 is 0. The van der Waals surface area contributed by atoms with Crippen LogP contribution in [0.5, 0.6) is 0 Å². The Hall–Kier alpha value is -2.30. The van der Waals surface area contributed by atoms with E-state index >= 15 is 0 Å². The third-order valence-corrected chi connectivity index (χ3v) is 2.14. The van der Waals surface area contributed by atoms with Gasteiger partial charge in [0.1, 0.15) is 5.69 Å². The number of primary amides is 1. The van der Waals surface area contributed by atoms with Crippen LogP contribution in [0.1, 0.15) is 20.8 Å². The molecule has 76 valence electrons. The van der Waals surface area contributed by atoms with Gasteiger partial charge in [-0.05, 0) is 24.3 Å². The Morgan fingerprint density at radius 2 is 2.00 bits per heavy atom. The number of hydrogen-bond donors (Lipinski definition) is 3. The Morgan fingerprint density at radius 3 is 2.60 bits per heavy atom. The fourth-order valence-corrected chi connectivity index (χ4v) is 1.40. The molecule has 15 heavy (non-hydrogen) atoms. The molecule has 5 heteroatoms. The van der Waals surface area contributed by atoms with Crippen molar-refractivity contribution in [2.24, 2.45) is 5.73 Å².